The Bertz CT molecular complexity index is 755. The maximum Gasteiger partial charge on any atom is 0.262 e. The van der Waals surface area contributed by atoms with Gasteiger partial charge in [0.1, 0.15) is 5.75 Å². The SMILES string of the molecule is Cc1ccc(NS(=O)(=O)c2cc(N)ccc2C)cc1O. The van der Waals surface area contributed by atoms with Crippen LogP contribution in [0.15, 0.2) is 41.3 Å². The highest BCUT2D eigenvalue weighted by Crippen LogP contribution is 2.25. The number of aromatic hydroxyl groups is 1. The quantitative estimate of drug-likeness (QED) is 0.757. The molecular formula is C14H16N2O3S. The minimum atomic E-state index is -3.74. The zero-order valence-electron chi connectivity index (χ0n) is 11.2. The van der Waals surface area contributed by atoms with Crippen LogP contribution in [-0.2, 0) is 10.0 Å². The van der Waals surface area contributed by atoms with Crippen molar-refractivity contribution in [2.24, 2.45) is 0 Å². The van der Waals surface area contributed by atoms with Gasteiger partial charge in [0.05, 0.1) is 10.6 Å². The molecule has 0 saturated heterocycles. The number of nitrogens with one attached hydrogen (secondary N) is 1. The molecule has 0 aliphatic heterocycles. The Morgan fingerprint density at radius 1 is 1.05 bits per heavy atom. The molecule has 2 rings (SSSR count). The van der Waals surface area contributed by atoms with Gasteiger partial charge in [-0.2, -0.15) is 0 Å². The molecule has 2 aromatic rings. The number of hydrogen-bond acceptors (Lipinski definition) is 4. The zero-order valence-corrected chi connectivity index (χ0v) is 12.0. The van der Waals surface area contributed by atoms with Crippen LogP contribution in [0.3, 0.4) is 0 Å². The molecule has 0 aliphatic carbocycles. The van der Waals surface area contributed by atoms with E-state index in [0.717, 1.165) is 0 Å². The van der Waals surface area contributed by atoms with E-state index < -0.39 is 10.0 Å². The molecule has 0 bridgehead atoms. The van der Waals surface area contributed by atoms with Gasteiger partial charge in [-0.15, -0.1) is 0 Å². The summed E-state index contributed by atoms with van der Waals surface area (Å²) < 4.78 is 27.1. The van der Waals surface area contributed by atoms with Gasteiger partial charge in [0.2, 0.25) is 0 Å². The highest BCUT2D eigenvalue weighted by molar-refractivity contribution is 7.92. The van der Waals surface area contributed by atoms with Gasteiger partial charge < -0.3 is 10.8 Å². The second kappa shape index (κ2) is 5.05. The summed E-state index contributed by atoms with van der Waals surface area (Å²) in [5.41, 5.74) is 7.58. The summed E-state index contributed by atoms with van der Waals surface area (Å²) in [6, 6.07) is 9.30. The van der Waals surface area contributed by atoms with Crippen LogP contribution in [0.1, 0.15) is 11.1 Å². The Morgan fingerprint density at radius 2 is 1.70 bits per heavy atom. The Balaban J connectivity index is 2.40. The number of sulfonamides is 1. The van der Waals surface area contributed by atoms with E-state index in [9.17, 15) is 13.5 Å². The maximum absolute atomic E-state index is 12.3. The summed E-state index contributed by atoms with van der Waals surface area (Å²) in [4.78, 5) is 0.123. The van der Waals surface area contributed by atoms with Crippen LogP contribution in [0.5, 0.6) is 5.75 Å². The molecule has 0 amide bonds. The van der Waals surface area contributed by atoms with Gasteiger partial charge in [0, 0.05) is 11.8 Å². The molecule has 5 nitrogen and oxygen atoms in total. The second-order valence-corrected chi connectivity index (χ2v) is 6.28. The van der Waals surface area contributed by atoms with Crippen molar-refractivity contribution in [2.45, 2.75) is 18.7 Å². The van der Waals surface area contributed by atoms with E-state index in [1.54, 1.807) is 38.1 Å². The molecule has 0 atom stereocenters. The minimum Gasteiger partial charge on any atom is -0.508 e. The van der Waals surface area contributed by atoms with Gasteiger partial charge >= 0.3 is 0 Å². The number of nitrogens with two attached hydrogens (primary N) is 1. The molecule has 2 aromatic carbocycles. The van der Waals surface area contributed by atoms with E-state index >= 15 is 0 Å². The Morgan fingerprint density at radius 3 is 2.35 bits per heavy atom. The fraction of sp³-hybridized carbons (Fsp3) is 0.143. The number of benzene rings is 2. The summed E-state index contributed by atoms with van der Waals surface area (Å²) in [5.74, 6) is 0.0366. The molecule has 4 N–H and O–H groups in total. The Hall–Kier alpha value is -2.21. The predicted octanol–water partition coefficient (Wildman–Crippen LogP) is 2.39. The van der Waals surface area contributed by atoms with Gasteiger partial charge in [0.15, 0.2) is 0 Å². The smallest absolute Gasteiger partial charge is 0.262 e. The van der Waals surface area contributed by atoms with Gasteiger partial charge in [-0.1, -0.05) is 12.1 Å². The second-order valence-electron chi connectivity index (χ2n) is 4.63. The third-order valence-electron chi connectivity index (χ3n) is 2.96. The third-order valence-corrected chi connectivity index (χ3v) is 4.49. The number of nitrogen functional groups attached to an aromatic ring is 1. The summed E-state index contributed by atoms with van der Waals surface area (Å²) in [7, 11) is -3.74. The average molecular weight is 292 g/mol. The Labute approximate surface area is 118 Å². The Kier molecular flexibility index (Phi) is 3.59. The molecule has 0 saturated carbocycles. The largest absolute Gasteiger partial charge is 0.508 e. The topological polar surface area (TPSA) is 92.4 Å². The number of anilines is 2. The normalized spacial score (nSPS) is 11.3. The third kappa shape index (κ3) is 2.85. The van der Waals surface area contributed by atoms with Crippen molar-refractivity contribution in [3.05, 3.63) is 47.5 Å². The molecule has 0 spiro atoms. The van der Waals surface area contributed by atoms with Gasteiger partial charge in [-0.05, 0) is 43.2 Å². The van der Waals surface area contributed by atoms with Gasteiger partial charge in [-0.25, -0.2) is 8.42 Å². The monoisotopic (exact) mass is 292 g/mol. The first kappa shape index (κ1) is 14.2. The highest BCUT2D eigenvalue weighted by Gasteiger charge is 2.17. The standard InChI is InChI=1S/C14H16N2O3S/c1-9-4-6-12(8-13(9)17)16-20(18,19)14-7-11(15)5-3-10(14)2/h3-8,16-17H,15H2,1-2H3. The minimum absolute atomic E-state index is 0.0366. The molecule has 0 unspecified atom stereocenters. The maximum atomic E-state index is 12.3. The van der Waals surface area contributed by atoms with Crippen LogP contribution >= 0.6 is 0 Å². The summed E-state index contributed by atoms with van der Waals surface area (Å²) in [5, 5.41) is 9.61. The van der Waals surface area contributed by atoms with Crippen LogP contribution in [0.25, 0.3) is 0 Å². The van der Waals surface area contributed by atoms with Crippen molar-refractivity contribution in [1.82, 2.24) is 0 Å². The van der Waals surface area contributed by atoms with Crippen molar-refractivity contribution >= 4 is 21.4 Å². The predicted molar refractivity (Wildman–Crippen MR) is 79.2 cm³/mol. The summed E-state index contributed by atoms with van der Waals surface area (Å²) >= 11 is 0. The van der Waals surface area contributed by atoms with Crippen LogP contribution < -0.4 is 10.5 Å². The molecule has 0 aliphatic rings. The number of rotatable bonds is 3. The lowest BCUT2D eigenvalue weighted by molar-refractivity contribution is 0.471. The number of phenolic OH excluding ortho intramolecular Hbond substituents is 1. The van der Waals surface area contributed by atoms with Crippen molar-refractivity contribution < 1.29 is 13.5 Å². The molecule has 0 fully saturated rings. The van der Waals surface area contributed by atoms with Crippen LogP contribution in [0.4, 0.5) is 11.4 Å². The van der Waals surface area contributed by atoms with Crippen LogP contribution in [0.2, 0.25) is 0 Å². The fourth-order valence-corrected chi connectivity index (χ4v) is 3.12. The average Bonchev–Trinajstić information content (AvgIpc) is 2.36. The molecule has 106 valence electrons. The molecule has 0 radical (unpaired) electrons. The van der Waals surface area contributed by atoms with E-state index in [1.807, 2.05) is 0 Å². The summed E-state index contributed by atoms with van der Waals surface area (Å²) in [6.45, 7) is 3.43. The van der Waals surface area contributed by atoms with Crippen LogP contribution in [0, 0.1) is 13.8 Å². The molecule has 0 aromatic heterocycles. The number of phenols is 1. The first-order chi connectivity index (χ1) is 9.29. The van der Waals surface area contributed by atoms with E-state index in [-0.39, 0.29) is 10.6 Å². The van der Waals surface area contributed by atoms with Gasteiger partial charge in [0.25, 0.3) is 10.0 Å². The van der Waals surface area contributed by atoms with E-state index in [2.05, 4.69) is 4.72 Å². The van der Waals surface area contributed by atoms with Crippen molar-refractivity contribution in [3.63, 3.8) is 0 Å². The van der Waals surface area contributed by atoms with E-state index in [4.69, 9.17) is 5.73 Å². The zero-order chi connectivity index (χ0) is 14.9. The van der Waals surface area contributed by atoms with Gasteiger partial charge in [-0.3, -0.25) is 4.72 Å². The van der Waals surface area contributed by atoms with E-state index in [1.165, 1.54) is 12.1 Å². The lowest BCUT2D eigenvalue weighted by Crippen LogP contribution is -2.14. The molecular weight excluding hydrogens is 276 g/mol. The van der Waals surface area contributed by atoms with Crippen molar-refractivity contribution in [2.75, 3.05) is 10.5 Å². The fourth-order valence-electron chi connectivity index (χ4n) is 1.79. The van der Waals surface area contributed by atoms with Crippen molar-refractivity contribution in [3.8, 4) is 5.75 Å². The lowest BCUT2D eigenvalue weighted by Gasteiger charge is -2.11. The summed E-state index contributed by atoms with van der Waals surface area (Å²) in [6.07, 6.45) is 0. The van der Waals surface area contributed by atoms with Crippen LogP contribution in [-0.4, -0.2) is 13.5 Å². The first-order valence-electron chi connectivity index (χ1n) is 5.98. The molecule has 0 heterocycles. The highest BCUT2D eigenvalue weighted by atomic mass is 32.2. The molecule has 20 heavy (non-hydrogen) atoms. The number of aryl methyl sites for hydroxylation is 2. The molecule has 6 heteroatoms. The number of hydrogen-bond donors (Lipinski definition) is 3. The first-order valence-corrected chi connectivity index (χ1v) is 7.46. The van der Waals surface area contributed by atoms with Crippen molar-refractivity contribution in [1.29, 1.82) is 0 Å². The van der Waals surface area contributed by atoms with E-state index in [0.29, 0.717) is 22.5 Å². The lowest BCUT2D eigenvalue weighted by atomic mass is 10.2.